The number of rotatable bonds is 2. The second-order valence-corrected chi connectivity index (χ2v) is 4.66. The molecule has 0 bridgehead atoms. The summed E-state index contributed by atoms with van der Waals surface area (Å²) in [6.07, 6.45) is 0. The summed E-state index contributed by atoms with van der Waals surface area (Å²) >= 11 is 7.32. The number of aliphatic imine (C=N–C) groups is 1. The Kier molecular flexibility index (Phi) is 3.34. The van der Waals surface area contributed by atoms with Gasteiger partial charge in [-0.2, -0.15) is 10.5 Å². The van der Waals surface area contributed by atoms with E-state index in [1.807, 2.05) is 6.07 Å². The summed E-state index contributed by atoms with van der Waals surface area (Å²) in [6, 6.07) is 8.88. The number of hydrogen-bond acceptors (Lipinski definition) is 5. The average Bonchev–Trinajstić information content (AvgIpc) is 2.72. The molecule has 0 amide bonds. The minimum Gasteiger partial charge on any atom is -0.257 e. The molecule has 1 heterocycles. The molecule has 17 heavy (non-hydrogen) atoms. The number of aromatic nitrogens is 1. The Morgan fingerprint density at radius 1 is 1.41 bits per heavy atom. The second-order valence-electron chi connectivity index (χ2n) is 3.11. The lowest BCUT2D eigenvalue weighted by Crippen LogP contribution is -1.89. The summed E-state index contributed by atoms with van der Waals surface area (Å²) in [7, 11) is 0. The van der Waals surface area contributed by atoms with Crippen LogP contribution >= 0.6 is 22.9 Å². The molecule has 0 aliphatic rings. The number of nitrogens with zero attached hydrogens (tertiary/aromatic N) is 4. The van der Waals surface area contributed by atoms with Crippen LogP contribution in [0.3, 0.4) is 0 Å². The highest BCUT2D eigenvalue weighted by Gasteiger charge is 2.04. The van der Waals surface area contributed by atoms with Crippen molar-refractivity contribution in [3.63, 3.8) is 0 Å². The van der Waals surface area contributed by atoms with Gasteiger partial charge < -0.3 is 0 Å². The molecule has 4 nitrogen and oxygen atoms in total. The van der Waals surface area contributed by atoms with E-state index in [0.717, 1.165) is 15.2 Å². The van der Waals surface area contributed by atoms with Gasteiger partial charge in [0.2, 0.25) is 5.71 Å². The van der Waals surface area contributed by atoms with Crippen LogP contribution in [0.5, 0.6) is 0 Å². The maximum atomic E-state index is 8.54. The van der Waals surface area contributed by atoms with Crippen molar-refractivity contribution in [1.29, 1.82) is 10.5 Å². The first-order valence-electron chi connectivity index (χ1n) is 4.62. The molecule has 0 N–H and O–H groups in total. The molecule has 82 valence electrons. The Hall–Kier alpha value is -1.95. The van der Waals surface area contributed by atoms with Gasteiger partial charge in [0, 0.05) is 5.02 Å². The highest BCUT2D eigenvalue weighted by atomic mass is 35.5. The zero-order valence-electron chi connectivity index (χ0n) is 8.51. The van der Waals surface area contributed by atoms with E-state index >= 15 is 0 Å². The molecule has 0 spiro atoms. The van der Waals surface area contributed by atoms with E-state index < -0.39 is 0 Å². The molecule has 2 rings (SSSR count). The standard InChI is InChI=1S/C11H5ClN4S/c12-7-1-2-10-9(3-7)16-11(17-10)6-15-8(4-13)5-14/h1-3H,6H2. The number of benzene rings is 1. The lowest BCUT2D eigenvalue weighted by atomic mass is 10.3. The highest BCUT2D eigenvalue weighted by Crippen LogP contribution is 2.25. The summed E-state index contributed by atoms with van der Waals surface area (Å²) in [5.41, 5.74) is 0.672. The molecule has 0 aliphatic heterocycles. The molecule has 0 atom stereocenters. The first kappa shape index (κ1) is 11.5. The van der Waals surface area contributed by atoms with Gasteiger partial charge in [-0.3, -0.25) is 4.99 Å². The van der Waals surface area contributed by atoms with Crippen molar-refractivity contribution in [1.82, 2.24) is 4.98 Å². The molecule has 0 saturated carbocycles. The molecule has 0 radical (unpaired) electrons. The zero-order valence-corrected chi connectivity index (χ0v) is 10.1. The number of thiazole rings is 1. The predicted octanol–water partition coefficient (Wildman–Crippen LogP) is 2.94. The number of halogens is 1. The van der Waals surface area contributed by atoms with E-state index in [9.17, 15) is 0 Å². The fourth-order valence-corrected chi connectivity index (χ4v) is 2.30. The average molecular weight is 261 g/mol. The van der Waals surface area contributed by atoms with Crippen molar-refractivity contribution in [2.45, 2.75) is 6.54 Å². The molecule has 0 fully saturated rings. The van der Waals surface area contributed by atoms with Crippen LogP contribution in [0, 0.1) is 22.7 Å². The van der Waals surface area contributed by atoms with Gasteiger partial charge in [-0.05, 0) is 18.2 Å². The van der Waals surface area contributed by atoms with Gasteiger partial charge in [0.05, 0.1) is 16.8 Å². The monoisotopic (exact) mass is 260 g/mol. The quantitative estimate of drug-likeness (QED) is 0.779. The molecule has 0 aliphatic carbocycles. The van der Waals surface area contributed by atoms with Crippen LogP contribution in [0.25, 0.3) is 10.2 Å². The second kappa shape index (κ2) is 4.92. The summed E-state index contributed by atoms with van der Waals surface area (Å²) in [4.78, 5) is 8.18. The van der Waals surface area contributed by atoms with Crippen molar-refractivity contribution in [2.75, 3.05) is 0 Å². The first-order chi connectivity index (χ1) is 8.22. The van der Waals surface area contributed by atoms with Gasteiger partial charge in [0.15, 0.2) is 0 Å². The van der Waals surface area contributed by atoms with Crippen LogP contribution in [0.4, 0.5) is 0 Å². The summed E-state index contributed by atoms with van der Waals surface area (Å²) in [5.74, 6) is 0. The van der Waals surface area contributed by atoms with Crippen molar-refractivity contribution < 1.29 is 0 Å². The minimum absolute atomic E-state index is 0.137. The smallest absolute Gasteiger partial charge is 0.213 e. The molecular weight excluding hydrogens is 256 g/mol. The SMILES string of the molecule is N#CC(C#N)=NCc1nc2cc(Cl)ccc2s1. The van der Waals surface area contributed by atoms with Crippen LogP contribution in [-0.2, 0) is 6.54 Å². The fraction of sp³-hybridized carbons (Fsp3) is 0.0909. The molecule has 0 saturated heterocycles. The van der Waals surface area contributed by atoms with Crippen LogP contribution in [-0.4, -0.2) is 10.7 Å². The number of hydrogen-bond donors (Lipinski definition) is 0. The van der Waals surface area contributed by atoms with Crippen molar-refractivity contribution in [3.05, 3.63) is 28.2 Å². The third-order valence-electron chi connectivity index (χ3n) is 1.98. The Balaban J connectivity index is 2.30. The maximum absolute atomic E-state index is 8.54. The summed E-state index contributed by atoms with van der Waals surface area (Å²) < 4.78 is 1.01. The van der Waals surface area contributed by atoms with Gasteiger partial charge in [-0.15, -0.1) is 11.3 Å². The van der Waals surface area contributed by atoms with Crippen molar-refractivity contribution in [3.8, 4) is 12.1 Å². The van der Waals surface area contributed by atoms with Gasteiger partial charge in [0.1, 0.15) is 17.1 Å². The third kappa shape index (κ3) is 2.59. The van der Waals surface area contributed by atoms with Gasteiger partial charge in [-0.1, -0.05) is 11.6 Å². The van der Waals surface area contributed by atoms with E-state index in [2.05, 4.69) is 9.98 Å². The highest BCUT2D eigenvalue weighted by molar-refractivity contribution is 7.18. The summed E-state index contributed by atoms with van der Waals surface area (Å²) in [5, 5.41) is 18.5. The topological polar surface area (TPSA) is 72.8 Å². The minimum atomic E-state index is -0.137. The van der Waals surface area contributed by atoms with Crippen molar-refractivity contribution in [2.24, 2.45) is 4.99 Å². The molecule has 0 unspecified atom stereocenters. The first-order valence-corrected chi connectivity index (χ1v) is 5.82. The lowest BCUT2D eigenvalue weighted by molar-refractivity contribution is 1.05. The van der Waals surface area contributed by atoms with Crippen LogP contribution in [0.2, 0.25) is 5.02 Å². The van der Waals surface area contributed by atoms with Crippen LogP contribution in [0.1, 0.15) is 5.01 Å². The Morgan fingerprint density at radius 2 is 2.18 bits per heavy atom. The van der Waals surface area contributed by atoms with E-state index in [1.165, 1.54) is 11.3 Å². The largest absolute Gasteiger partial charge is 0.257 e. The van der Waals surface area contributed by atoms with E-state index in [0.29, 0.717) is 5.02 Å². The predicted molar refractivity (Wildman–Crippen MR) is 67.0 cm³/mol. The van der Waals surface area contributed by atoms with Crippen LogP contribution < -0.4 is 0 Å². The number of fused-ring (bicyclic) bond motifs is 1. The molecule has 6 heteroatoms. The van der Waals surface area contributed by atoms with Gasteiger partial charge in [-0.25, -0.2) is 4.98 Å². The van der Waals surface area contributed by atoms with E-state index in [-0.39, 0.29) is 12.3 Å². The lowest BCUT2D eigenvalue weighted by Gasteiger charge is -1.86. The Bertz CT molecular complexity index is 659. The zero-order chi connectivity index (χ0) is 12.3. The Labute approximate surface area is 106 Å². The fourth-order valence-electron chi connectivity index (χ4n) is 1.26. The van der Waals surface area contributed by atoms with Crippen LogP contribution in [0.15, 0.2) is 23.2 Å². The number of nitriles is 2. The summed E-state index contributed by atoms with van der Waals surface area (Å²) in [6.45, 7) is 0.243. The normalized spacial score (nSPS) is 9.59. The van der Waals surface area contributed by atoms with E-state index in [4.69, 9.17) is 22.1 Å². The van der Waals surface area contributed by atoms with Gasteiger partial charge >= 0.3 is 0 Å². The molecular formula is C11H5ClN4S. The van der Waals surface area contributed by atoms with Gasteiger partial charge in [0.25, 0.3) is 0 Å². The molecule has 1 aromatic carbocycles. The Morgan fingerprint density at radius 3 is 2.88 bits per heavy atom. The van der Waals surface area contributed by atoms with Crippen molar-refractivity contribution >= 4 is 38.9 Å². The van der Waals surface area contributed by atoms with E-state index in [1.54, 1.807) is 24.3 Å². The maximum Gasteiger partial charge on any atom is 0.213 e. The molecule has 2 aromatic rings. The molecule has 1 aromatic heterocycles. The third-order valence-corrected chi connectivity index (χ3v) is 3.23.